The summed E-state index contributed by atoms with van der Waals surface area (Å²) in [7, 11) is 1.59. The summed E-state index contributed by atoms with van der Waals surface area (Å²) in [5.41, 5.74) is 3.22. The molecule has 0 saturated heterocycles. The van der Waals surface area contributed by atoms with Crippen LogP contribution in [0.5, 0.6) is 5.75 Å². The molecule has 0 unspecified atom stereocenters. The van der Waals surface area contributed by atoms with Crippen LogP contribution in [-0.4, -0.2) is 27.2 Å². The van der Waals surface area contributed by atoms with Gasteiger partial charge < -0.3 is 9.84 Å². The molecule has 0 aliphatic rings. The zero-order valence-corrected chi connectivity index (χ0v) is 12.6. The molecule has 20 heavy (non-hydrogen) atoms. The van der Waals surface area contributed by atoms with Crippen LogP contribution in [0, 0.1) is 6.92 Å². The number of hydrogen-bond acceptors (Lipinski definition) is 4. The van der Waals surface area contributed by atoms with Crippen molar-refractivity contribution in [1.29, 1.82) is 0 Å². The minimum Gasteiger partial charge on any atom is -0.494 e. The summed E-state index contributed by atoms with van der Waals surface area (Å²) in [6.07, 6.45) is 1.73. The largest absolute Gasteiger partial charge is 0.494 e. The van der Waals surface area contributed by atoms with E-state index in [0.29, 0.717) is 16.5 Å². The quantitative estimate of drug-likeness (QED) is 0.921. The van der Waals surface area contributed by atoms with Gasteiger partial charge in [0.15, 0.2) is 0 Å². The molecule has 5 nitrogen and oxygen atoms in total. The number of methoxy groups -OCH3 is 1. The Kier molecular flexibility index (Phi) is 4.62. The normalized spacial score (nSPS) is 10.8. The maximum atomic E-state index is 9.36. The highest BCUT2D eigenvalue weighted by Crippen LogP contribution is 2.30. The highest BCUT2D eigenvalue weighted by atomic mass is 35.5. The lowest BCUT2D eigenvalue weighted by atomic mass is 10.1. The number of benzene rings is 1. The molecule has 0 aliphatic carbocycles. The van der Waals surface area contributed by atoms with E-state index in [9.17, 15) is 5.11 Å². The Morgan fingerprint density at radius 2 is 2.15 bits per heavy atom. The molecule has 6 heteroatoms. The van der Waals surface area contributed by atoms with Crippen LogP contribution < -0.4 is 4.74 Å². The number of aliphatic hydroxyl groups is 1. The first-order valence-corrected chi connectivity index (χ1v) is 6.89. The number of aryl methyl sites for hydroxylation is 1. The summed E-state index contributed by atoms with van der Waals surface area (Å²) < 4.78 is 7.10. The number of halogens is 1. The molecular weight excluding hydrogens is 278 g/mol. The van der Waals surface area contributed by atoms with Gasteiger partial charge in [-0.1, -0.05) is 30.2 Å². The van der Waals surface area contributed by atoms with Gasteiger partial charge in [-0.15, -0.1) is 5.10 Å². The minimum atomic E-state index is -0.121. The Morgan fingerprint density at radius 3 is 2.75 bits per heavy atom. The van der Waals surface area contributed by atoms with Crippen molar-refractivity contribution in [3.05, 3.63) is 34.1 Å². The Bertz CT molecular complexity index is 611. The number of aromatic nitrogens is 3. The van der Waals surface area contributed by atoms with Gasteiger partial charge in [-0.3, -0.25) is 0 Å². The molecule has 108 valence electrons. The average molecular weight is 296 g/mol. The van der Waals surface area contributed by atoms with Crippen LogP contribution in [0.25, 0.3) is 5.69 Å². The number of ether oxygens (including phenoxy) is 1. The fourth-order valence-electron chi connectivity index (χ4n) is 2.11. The van der Waals surface area contributed by atoms with Gasteiger partial charge in [0.25, 0.3) is 0 Å². The van der Waals surface area contributed by atoms with E-state index < -0.39 is 0 Å². The second kappa shape index (κ2) is 6.24. The Morgan fingerprint density at radius 1 is 1.40 bits per heavy atom. The smallest absolute Gasteiger partial charge is 0.146 e. The third-order valence-corrected chi connectivity index (χ3v) is 3.58. The van der Waals surface area contributed by atoms with E-state index in [1.165, 1.54) is 0 Å². The van der Waals surface area contributed by atoms with Crippen molar-refractivity contribution >= 4 is 11.6 Å². The highest BCUT2D eigenvalue weighted by molar-refractivity contribution is 6.31. The zero-order chi connectivity index (χ0) is 14.7. The van der Waals surface area contributed by atoms with Crippen molar-refractivity contribution in [2.75, 3.05) is 7.11 Å². The molecule has 0 atom stereocenters. The minimum absolute atomic E-state index is 0.121. The Balaban J connectivity index is 2.61. The van der Waals surface area contributed by atoms with Crippen molar-refractivity contribution in [2.24, 2.45) is 0 Å². The molecule has 0 radical (unpaired) electrons. The molecule has 0 spiro atoms. The predicted molar refractivity (Wildman–Crippen MR) is 77.6 cm³/mol. The fourth-order valence-corrected chi connectivity index (χ4v) is 2.27. The first-order valence-electron chi connectivity index (χ1n) is 6.51. The number of nitrogens with zero attached hydrogens (tertiary/aromatic N) is 3. The van der Waals surface area contributed by atoms with Crippen LogP contribution in [0.2, 0.25) is 5.02 Å². The number of aliphatic hydroxyl groups excluding tert-OH is 1. The standard InChI is InChI=1S/C14H18ClN3O2/c1-4-5-12-11(8-19)16-17-18(12)13-6-9(2)10(15)7-14(13)20-3/h6-7,19H,4-5,8H2,1-3H3. The molecule has 0 saturated carbocycles. The molecule has 1 N–H and O–H groups in total. The maximum Gasteiger partial charge on any atom is 0.146 e. The first-order chi connectivity index (χ1) is 9.62. The van der Waals surface area contributed by atoms with E-state index in [1.54, 1.807) is 17.9 Å². The van der Waals surface area contributed by atoms with E-state index in [1.807, 2.05) is 13.0 Å². The van der Waals surface area contributed by atoms with E-state index >= 15 is 0 Å². The van der Waals surface area contributed by atoms with Crippen LogP contribution >= 0.6 is 11.6 Å². The van der Waals surface area contributed by atoms with Gasteiger partial charge >= 0.3 is 0 Å². The van der Waals surface area contributed by atoms with Crippen molar-refractivity contribution in [3.63, 3.8) is 0 Å². The second-order valence-corrected chi connectivity index (χ2v) is 4.98. The van der Waals surface area contributed by atoms with Crippen molar-refractivity contribution < 1.29 is 9.84 Å². The highest BCUT2D eigenvalue weighted by Gasteiger charge is 2.17. The van der Waals surface area contributed by atoms with Crippen LogP contribution in [0.15, 0.2) is 12.1 Å². The monoisotopic (exact) mass is 295 g/mol. The molecule has 1 aromatic heterocycles. The second-order valence-electron chi connectivity index (χ2n) is 4.58. The molecule has 0 amide bonds. The van der Waals surface area contributed by atoms with Crippen molar-refractivity contribution in [3.8, 4) is 11.4 Å². The summed E-state index contributed by atoms with van der Waals surface area (Å²) in [6.45, 7) is 3.88. The average Bonchev–Trinajstić information content (AvgIpc) is 2.84. The van der Waals surface area contributed by atoms with Gasteiger partial charge in [-0.2, -0.15) is 0 Å². The maximum absolute atomic E-state index is 9.36. The van der Waals surface area contributed by atoms with Crippen molar-refractivity contribution in [2.45, 2.75) is 33.3 Å². The van der Waals surface area contributed by atoms with Crippen LogP contribution in [0.1, 0.15) is 30.3 Å². The molecule has 2 aromatic rings. The van der Waals surface area contributed by atoms with Crippen LogP contribution in [0.3, 0.4) is 0 Å². The molecular formula is C14H18ClN3O2. The summed E-state index contributed by atoms with van der Waals surface area (Å²) in [5, 5.41) is 18.2. The Labute approximate surface area is 123 Å². The molecule has 1 heterocycles. The molecule has 0 fully saturated rings. The van der Waals surface area contributed by atoms with Crippen LogP contribution in [0.4, 0.5) is 0 Å². The van der Waals surface area contributed by atoms with Crippen LogP contribution in [-0.2, 0) is 13.0 Å². The summed E-state index contributed by atoms with van der Waals surface area (Å²) >= 11 is 6.12. The number of hydrogen-bond donors (Lipinski definition) is 1. The van der Waals surface area contributed by atoms with Gasteiger partial charge in [-0.25, -0.2) is 4.68 Å². The Hall–Kier alpha value is -1.59. The summed E-state index contributed by atoms with van der Waals surface area (Å²) in [5.74, 6) is 0.632. The first kappa shape index (κ1) is 14.8. The van der Waals surface area contributed by atoms with Gasteiger partial charge in [0.2, 0.25) is 0 Å². The third-order valence-electron chi connectivity index (χ3n) is 3.17. The molecule has 1 aromatic carbocycles. The predicted octanol–water partition coefficient (Wildman–Crippen LogP) is 2.68. The lowest BCUT2D eigenvalue weighted by Crippen LogP contribution is -2.06. The molecule has 2 rings (SSSR count). The number of rotatable bonds is 5. The molecule has 0 bridgehead atoms. The van der Waals surface area contributed by atoms with E-state index in [4.69, 9.17) is 16.3 Å². The van der Waals surface area contributed by atoms with Gasteiger partial charge in [0, 0.05) is 11.1 Å². The van der Waals surface area contributed by atoms with E-state index in [0.717, 1.165) is 29.8 Å². The molecule has 0 aliphatic heterocycles. The fraction of sp³-hybridized carbons (Fsp3) is 0.429. The van der Waals surface area contributed by atoms with Gasteiger partial charge in [0.05, 0.1) is 19.4 Å². The van der Waals surface area contributed by atoms with E-state index in [2.05, 4.69) is 17.2 Å². The van der Waals surface area contributed by atoms with Gasteiger partial charge in [-0.05, 0) is 25.0 Å². The topological polar surface area (TPSA) is 60.2 Å². The summed E-state index contributed by atoms with van der Waals surface area (Å²) in [4.78, 5) is 0. The SMILES string of the molecule is CCCc1c(CO)nnn1-c1cc(C)c(Cl)cc1OC. The van der Waals surface area contributed by atoms with Crippen molar-refractivity contribution in [1.82, 2.24) is 15.0 Å². The lowest BCUT2D eigenvalue weighted by Gasteiger charge is -2.13. The lowest BCUT2D eigenvalue weighted by molar-refractivity contribution is 0.275. The van der Waals surface area contributed by atoms with E-state index in [-0.39, 0.29) is 6.61 Å². The third kappa shape index (κ3) is 2.64. The van der Waals surface area contributed by atoms with Gasteiger partial charge in [0.1, 0.15) is 17.1 Å². The summed E-state index contributed by atoms with van der Waals surface area (Å²) in [6, 6.07) is 3.68. The zero-order valence-electron chi connectivity index (χ0n) is 11.9.